The van der Waals surface area contributed by atoms with Crippen LogP contribution < -0.4 is 5.32 Å². The average Bonchev–Trinajstić information content (AvgIpc) is 3.08. The number of nitrogens with zero attached hydrogens (tertiary/aromatic N) is 1. The van der Waals surface area contributed by atoms with Gasteiger partial charge in [-0.05, 0) is 37.3 Å². The highest BCUT2D eigenvalue weighted by Gasteiger charge is 2.41. The van der Waals surface area contributed by atoms with Gasteiger partial charge >= 0.3 is 0 Å². The van der Waals surface area contributed by atoms with Gasteiger partial charge < -0.3 is 5.32 Å². The van der Waals surface area contributed by atoms with Gasteiger partial charge in [0.05, 0.1) is 11.3 Å². The van der Waals surface area contributed by atoms with E-state index in [1.807, 2.05) is 30.0 Å². The van der Waals surface area contributed by atoms with Crippen LogP contribution in [-0.4, -0.2) is 17.5 Å². The van der Waals surface area contributed by atoms with E-state index in [-0.39, 0.29) is 0 Å². The number of benzene rings is 1. The number of anilines is 1. The summed E-state index contributed by atoms with van der Waals surface area (Å²) in [6, 6.07) is 7.98. The molecule has 0 saturated heterocycles. The minimum Gasteiger partial charge on any atom is -0.383 e. The number of thioether (sulfide) groups is 1. The molecule has 1 saturated carbocycles. The second-order valence-corrected chi connectivity index (χ2v) is 6.23. The molecular formula is C12H13BrN2S. The predicted molar refractivity (Wildman–Crippen MR) is 72.8 cm³/mol. The first kappa shape index (κ1) is 11.8. The molecule has 0 heterocycles. The van der Waals surface area contributed by atoms with Crippen molar-refractivity contribution in [3.63, 3.8) is 0 Å². The van der Waals surface area contributed by atoms with Gasteiger partial charge in [-0.25, -0.2) is 0 Å². The Morgan fingerprint density at radius 3 is 2.88 bits per heavy atom. The molecule has 0 amide bonds. The van der Waals surface area contributed by atoms with Gasteiger partial charge in [0.2, 0.25) is 0 Å². The summed E-state index contributed by atoms with van der Waals surface area (Å²) < 4.78 is 1.36. The summed E-state index contributed by atoms with van der Waals surface area (Å²) in [5, 5.41) is 12.4. The van der Waals surface area contributed by atoms with Gasteiger partial charge in [0, 0.05) is 15.8 Å². The maximum absolute atomic E-state index is 9.03. The third-order valence-corrected chi connectivity index (χ3v) is 4.86. The maximum atomic E-state index is 9.03. The molecule has 2 rings (SSSR count). The van der Waals surface area contributed by atoms with Crippen molar-refractivity contribution >= 4 is 33.4 Å². The predicted octanol–water partition coefficient (Wildman–Crippen LogP) is 3.63. The summed E-state index contributed by atoms with van der Waals surface area (Å²) in [4.78, 5) is 0. The second kappa shape index (κ2) is 4.68. The van der Waals surface area contributed by atoms with Crippen LogP contribution in [0.2, 0.25) is 0 Å². The zero-order valence-corrected chi connectivity index (χ0v) is 11.5. The minimum absolute atomic E-state index is 0.416. The molecule has 0 aliphatic heterocycles. The van der Waals surface area contributed by atoms with Crippen LogP contribution in [0.5, 0.6) is 0 Å². The van der Waals surface area contributed by atoms with Gasteiger partial charge in [0.1, 0.15) is 6.07 Å². The Bertz CT molecular complexity index is 435. The zero-order valence-electron chi connectivity index (χ0n) is 9.09. The molecule has 16 heavy (non-hydrogen) atoms. The molecule has 1 aliphatic carbocycles. The third-order valence-electron chi connectivity index (χ3n) is 2.94. The van der Waals surface area contributed by atoms with Crippen LogP contribution in [0, 0.1) is 11.3 Å². The number of nitrogens with one attached hydrogen (secondary N) is 1. The van der Waals surface area contributed by atoms with Crippen molar-refractivity contribution in [1.29, 1.82) is 5.26 Å². The molecule has 84 valence electrons. The molecule has 1 N–H and O–H groups in total. The largest absolute Gasteiger partial charge is 0.383 e. The lowest BCUT2D eigenvalue weighted by molar-refractivity contribution is 0.948. The smallest absolute Gasteiger partial charge is 0.101 e. The van der Waals surface area contributed by atoms with Crippen LogP contribution in [0.1, 0.15) is 18.4 Å². The summed E-state index contributed by atoms with van der Waals surface area (Å²) >= 11 is 5.29. The van der Waals surface area contributed by atoms with Crippen molar-refractivity contribution in [2.24, 2.45) is 0 Å². The van der Waals surface area contributed by atoms with Crippen molar-refractivity contribution < 1.29 is 0 Å². The van der Waals surface area contributed by atoms with E-state index in [9.17, 15) is 0 Å². The van der Waals surface area contributed by atoms with Gasteiger partial charge in [-0.3, -0.25) is 0 Å². The van der Waals surface area contributed by atoms with Crippen molar-refractivity contribution in [1.82, 2.24) is 0 Å². The first-order valence-corrected chi connectivity index (χ1v) is 7.19. The summed E-state index contributed by atoms with van der Waals surface area (Å²) in [5.41, 5.74) is 1.64. The molecule has 1 fully saturated rings. The van der Waals surface area contributed by atoms with Gasteiger partial charge in [0.15, 0.2) is 0 Å². The Balaban J connectivity index is 2.07. The first-order valence-electron chi connectivity index (χ1n) is 5.18. The van der Waals surface area contributed by atoms with Crippen LogP contribution in [0.4, 0.5) is 5.69 Å². The van der Waals surface area contributed by atoms with Crippen LogP contribution in [0.3, 0.4) is 0 Å². The summed E-state index contributed by atoms with van der Waals surface area (Å²) in [5.74, 6) is 0. The van der Waals surface area contributed by atoms with E-state index in [0.717, 1.165) is 16.7 Å². The Morgan fingerprint density at radius 1 is 1.56 bits per heavy atom. The Morgan fingerprint density at radius 2 is 2.31 bits per heavy atom. The summed E-state index contributed by atoms with van der Waals surface area (Å²) in [6.07, 6.45) is 4.71. The number of hydrogen-bond acceptors (Lipinski definition) is 3. The van der Waals surface area contributed by atoms with E-state index in [2.05, 4.69) is 33.6 Å². The van der Waals surface area contributed by atoms with E-state index >= 15 is 0 Å². The van der Waals surface area contributed by atoms with Crippen molar-refractivity contribution in [2.45, 2.75) is 17.6 Å². The normalized spacial score (nSPS) is 16.6. The summed E-state index contributed by atoms with van der Waals surface area (Å²) in [6.45, 7) is 0.949. The van der Waals surface area contributed by atoms with E-state index in [1.54, 1.807) is 0 Å². The van der Waals surface area contributed by atoms with Crippen molar-refractivity contribution in [3.05, 3.63) is 28.2 Å². The number of hydrogen-bond donors (Lipinski definition) is 1. The fourth-order valence-corrected chi connectivity index (χ4v) is 2.70. The highest BCUT2D eigenvalue weighted by Crippen LogP contribution is 2.47. The Hall–Kier alpha value is -0.660. The molecule has 0 radical (unpaired) electrons. The maximum Gasteiger partial charge on any atom is 0.101 e. The highest BCUT2D eigenvalue weighted by atomic mass is 79.9. The molecule has 0 unspecified atom stereocenters. The van der Waals surface area contributed by atoms with Crippen molar-refractivity contribution in [3.8, 4) is 6.07 Å². The lowest BCUT2D eigenvalue weighted by Crippen LogP contribution is -2.17. The van der Waals surface area contributed by atoms with Crippen LogP contribution in [0.25, 0.3) is 0 Å². The molecule has 2 nitrogen and oxygen atoms in total. The Kier molecular flexibility index (Phi) is 3.46. The van der Waals surface area contributed by atoms with E-state index in [0.29, 0.717) is 10.3 Å². The quantitative estimate of drug-likeness (QED) is 0.922. The molecule has 1 aromatic rings. The lowest BCUT2D eigenvalue weighted by Gasteiger charge is -2.15. The summed E-state index contributed by atoms with van der Waals surface area (Å²) in [7, 11) is 0. The van der Waals surface area contributed by atoms with Gasteiger partial charge in [-0.1, -0.05) is 15.9 Å². The SMILES string of the molecule is CSC1(CNc2ccc(Br)cc2C#N)CC1. The molecule has 0 aromatic heterocycles. The molecule has 1 aliphatic rings. The van der Waals surface area contributed by atoms with Crippen LogP contribution >= 0.6 is 27.7 Å². The molecule has 0 spiro atoms. The molecule has 0 atom stereocenters. The van der Waals surface area contributed by atoms with Gasteiger partial charge in [0.25, 0.3) is 0 Å². The zero-order chi connectivity index (χ0) is 11.6. The van der Waals surface area contributed by atoms with Crippen LogP contribution in [-0.2, 0) is 0 Å². The fourth-order valence-electron chi connectivity index (χ4n) is 1.61. The van der Waals surface area contributed by atoms with Gasteiger partial charge in [-0.15, -0.1) is 0 Å². The molecule has 1 aromatic carbocycles. The molecular weight excluding hydrogens is 284 g/mol. The molecule has 0 bridgehead atoms. The topological polar surface area (TPSA) is 35.8 Å². The van der Waals surface area contributed by atoms with E-state index in [4.69, 9.17) is 5.26 Å². The molecule has 4 heteroatoms. The number of halogens is 1. The number of nitriles is 1. The number of rotatable bonds is 4. The monoisotopic (exact) mass is 296 g/mol. The van der Waals surface area contributed by atoms with E-state index in [1.165, 1.54) is 12.8 Å². The van der Waals surface area contributed by atoms with Crippen molar-refractivity contribution in [2.75, 3.05) is 18.1 Å². The fraction of sp³-hybridized carbons (Fsp3) is 0.417. The standard InChI is InChI=1S/C12H13BrN2S/c1-16-12(4-5-12)8-15-11-3-2-10(13)6-9(11)7-14/h2-3,6,15H,4-5,8H2,1H3. The minimum atomic E-state index is 0.416. The van der Waals surface area contributed by atoms with E-state index < -0.39 is 0 Å². The van der Waals surface area contributed by atoms with Gasteiger partial charge in [-0.2, -0.15) is 17.0 Å². The highest BCUT2D eigenvalue weighted by molar-refractivity contribution is 9.10. The third kappa shape index (κ3) is 2.53. The lowest BCUT2D eigenvalue weighted by atomic mass is 10.2. The first-order chi connectivity index (χ1) is 7.69. The van der Waals surface area contributed by atoms with Crippen LogP contribution in [0.15, 0.2) is 22.7 Å². The Labute approximate surface area is 109 Å². The second-order valence-electron chi connectivity index (χ2n) is 4.04. The average molecular weight is 297 g/mol.